The van der Waals surface area contributed by atoms with Crippen LogP contribution in [0.5, 0.6) is 0 Å². The lowest BCUT2D eigenvalue weighted by Crippen LogP contribution is -2.27. The van der Waals surface area contributed by atoms with Crippen LogP contribution in [0.1, 0.15) is 34.3 Å². The van der Waals surface area contributed by atoms with E-state index in [2.05, 4.69) is 5.32 Å². The Balaban J connectivity index is 1.66. The van der Waals surface area contributed by atoms with Gasteiger partial charge >= 0.3 is 5.97 Å². The molecule has 6 heteroatoms. The Labute approximate surface area is 158 Å². The van der Waals surface area contributed by atoms with Crippen molar-refractivity contribution in [2.75, 3.05) is 23.4 Å². The minimum atomic E-state index is -0.623. The molecule has 2 aromatic carbocycles. The van der Waals surface area contributed by atoms with Crippen LogP contribution in [0.4, 0.5) is 11.4 Å². The number of carbonyl (C=O) groups is 3. The van der Waals surface area contributed by atoms with Crippen molar-refractivity contribution < 1.29 is 19.1 Å². The van der Waals surface area contributed by atoms with Crippen molar-refractivity contribution in [2.24, 2.45) is 0 Å². The fraction of sp³-hybridized carbons (Fsp3) is 0.286. The van der Waals surface area contributed by atoms with Crippen molar-refractivity contribution in [2.45, 2.75) is 26.7 Å². The van der Waals surface area contributed by atoms with Gasteiger partial charge in [-0.3, -0.25) is 9.59 Å². The highest BCUT2D eigenvalue weighted by Gasteiger charge is 2.26. The Morgan fingerprint density at radius 1 is 1.07 bits per heavy atom. The van der Waals surface area contributed by atoms with Gasteiger partial charge in [0.15, 0.2) is 6.61 Å². The average Bonchev–Trinajstić information content (AvgIpc) is 3.08. The van der Waals surface area contributed by atoms with Gasteiger partial charge in [-0.05, 0) is 43.5 Å². The molecule has 6 nitrogen and oxygen atoms in total. The molecule has 1 heterocycles. The van der Waals surface area contributed by atoms with Gasteiger partial charge in [0.25, 0.3) is 5.91 Å². The standard InChI is InChI=1S/C21H22N2O4/c1-14-7-5-8-15(2)20(14)22-18(24)13-27-21(26)16-9-3-4-10-17(16)23-12-6-11-19(23)25/h3-5,7-10H,6,11-13H2,1-2H3,(H,22,24). The van der Waals surface area contributed by atoms with Crippen molar-refractivity contribution in [3.63, 3.8) is 0 Å². The van der Waals surface area contributed by atoms with Crippen molar-refractivity contribution in [3.8, 4) is 0 Å². The summed E-state index contributed by atoms with van der Waals surface area (Å²) in [5.74, 6) is -1.04. The van der Waals surface area contributed by atoms with Gasteiger partial charge < -0.3 is 15.0 Å². The number of hydrogen-bond donors (Lipinski definition) is 1. The van der Waals surface area contributed by atoms with E-state index in [-0.39, 0.29) is 11.5 Å². The Kier molecular flexibility index (Phi) is 5.54. The molecular weight excluding hydrogens is 344 g/mol. The molecule has 3 rings (SSSR count). The van der Waals surface area contributed by atoms with Crippen molar-refractivity contribution >= 4 is 29.2 Å². The number of nitrogens with zero attached hydrogens (tertiary/aromatic N) is 1. The lowest BCUT2D eigenvalue weighted by Gasteiger charge is -2.19. The van der Waals surface area contributed by atoms with Crippen molar-refractivity contribution in [1.82, 2.24) is 0 Å². The highest BCUT2D eigenvalue weighted by molar-refractivity contribution is 6.04. The van der Waals surface area contributed by atoms with Gasteiger partial charge in [-0.2, -0.15) is 0 Å². The van der Waals surface area contributed by atoms with Crippen LogP contribution in [-0.4, -0.2) is 30.9 Å². The van der Waals surface area contributed by atoms with Gasteiger partial charge in [0, 0.05) is 18.7 Å². The number of hydrogen-bond acceptors (Lipinski definition) is 4. The predicted molar refractivity (Wildman–Crippen MR) is 103 cm³/mol. The summed E-state index contributed by atoms with van der Waals surface area (Å²) in [4.78, 5) is 38.3. The smallest absolute Gasteiger partial charge is 0.340 e. The highest BCUT2D eigenvalue weighted by atomic mass is 16.5. The molecule has 2 aromatic rings. The Bertz CT molecular complexity index is 871. The third kappa shape index (κ3) is 4.16. The minimum Gasteiger partial charge on any atom is -0.452 e. The monoisotopic (exact) mass is 366 g/mol. The third-order valence-electron chi connectivity index (χ3n) is 4.57. The molecule has 0 spiro atoms. The summed E-state index contributed by atoms with van der Waals surface area (Å²) in [7, 11) is 0. The number of nitrogens with one attached hydrogen (secondary N) is 1. The van der Waals surface area contributed by atoms with Crippen LogP contribution in [-0.2, 0) is 14.3 Å². The van der Waals surface area contributed by atoms with E-state index in [1.165, 1.54) is 0 Å². The van der Waals surface area contributed by atoms with Crippen LogP contribution < -0.4 is 10.2 Å². The number of amides is 2. The SMILES string of the molecule is Cc1cccc(C)c1NC(=O)COC(=O)c1ccccc1N1CCCC1=O. The maximum atomic E-state index is 12.5. The van der Waals surface area contributed by atoms with Gasteiger partial charge in [-0.25, -0.2) is 4.79 Å². The molecular formula is C21H22N2O4. The number of para-hydroxylation sites is 2. The third-order valence-corrected chi connectivity index (χ3v) is 4.57. The second-order valence-corrected chi connectivity index (χ2v) is 6.56. The number of anilines is 2. The Morgan fingerprint density at radius 3 is 2.44 bits per heavy atom. The van der Waals surface area contributed by atoms with E-state index in [1.807, 2.05) is 32.0 Å². The topological polar surface area (TPSA) is 75.7 Å². The molecule has 27 heavy (non-hydrogen) atoms. The maximum Gasteiger partial charge on any atom is 0.340 e. The first-order valence-electron chi connectivity index (χ1n) is 8.90. The van der Waals surface area contributed by atoms with Crippen molar-refractivity contribution in [1.29, 1.82) is 0 Å². The van der Waals surface area contributed by atoms with Crippen LogP contribution >= 0.6 is 0 Å². The van der Waals surface area contributed by atoms with Gasteiger partial charge in [-0.15, -0.1) is 0 Å². The van der Waals surface area contributed by atoms with Gasteiger partial charge in [0.2, 0.25) is 5.91 Å². The molecule has 1 aliphatic rings. The molecule has 0 saturated carbocycles. The second-order valence-electron chi connectivity index (χ2n) is 6.56. The average molecular weight is 366 g/mol. The quantitative estimate of drug-likeness (QED) is 0.825. The number of ether oxygens (including phenoxy) is 1. The van der Waals surface area contributed by atoms with Gasteiger partial charge in [0.1, 0.15) is 0 Å². The largest absolute Gasteiger partial charge is 0.452 e. The van der Waals surface area contributed by atoms with E-state index in [9.17, 15) is 14.4 Å². The summed E-state index contributed by atoms with van der Waals surface area (Å²) >= 11 is 0. The fourth-order valence-electron chi connectivity index (χ4n) is 3.18. The zero-order valence-corrected chi connectivity index (χ0v) is 15.5. The first-order chi connectivity index (χ1) is 13.0. The number of rotatable bonds is 5. The molecule has 0 unspecified atom stereocenters. The lowest BCUT2D eigenvalue weighted by atomic mass is 10.1. The summed E-state index contributed by atoms with van der Waals surface area (Å²) in [5.41, 5.74) is 3.41. The molecule has 0 bridgehead atoms. The summed E-state index contributed by atoms with van der Waals surface area (Å²) < 4.78 is 5.19. The normalized spacial score (nSPS) is 13.6. The van der Waals surface area contributed by atoms with Crippen LogP contribution in [0, 0.1) is 13.8 Å². The zero-order chi connectivity index (χ0) is 19.4. The van der Waals surface area contributed by atoms with Gasteiger partial charge in [0.05, 0.1) is 11.3 Å². The van der Waals surface area contributed by atoms with E-state index in [0.717, 1.165) is 23.2 Å². The summed E-state index contributed by atoms with van der Waals surface area (Å²) in [6, 6.07) is 12.5. The number of carbonyl (C=O) groups excluding carboxylic acids is 3. The van der Waals surface area contributed by atoms with Crippen LogP contribution in [0.2, 0.25) is 0 Å². The van der Waals surface area contributed by atoms with E-state index in [0.29, 0.717) is 18.7 Å². The summed E-state index contributed by atoms with van der Waals surface area (Å²) in [6.07, 6.45) is 1.24. The van der Waals surface area contributed by atoms with E-state index in [4.69, 9.17) is 4.74 Å². The number of aryl methyl sites for hydroxylation is 2. The first-order valence-corrected chi connectivity index (χ1v) is 8.90. The lowest BCUT2D eigenvalue weighted by molar-refractivity contribution is -0.119. The van der Waals surface area contributed by atoms with E-state index < -0.39 is 18.5 Å². The number of esters is 1. The summed E-state index contributed by atoms with van der Waals surface area (Å²) in [5, 5.41) is 2.78. The first kappa shape index (κ1) is 18.6. The van der Waals surface area contributed by atoms with E-state index in [1.54, 1.807) is 29.2 Å². The van der Waals surface area contributed by atoms with Crippen LogP contribution in [0.25, 0.3) is 0 Å². The van der Waals surface area contributed by atoms with Crippen molar-refractivity contribution in [3.05, 3.63) is 59.2 Å². The summed E-state index contributed by atoms with van der Waals surface area (Å²) in [6.45, 7) is 3.99. The molecule has 1 saturated heterocycles. The molecule has 0 radical (unpaired) electrons. The Hall–Kier alpha value is -3.15. The van der Waals surface area contributed by atoms with Crippen LogP contribution in [0.3, 0.4) is 0 Å². The number of benzene rings is 2. The molecule has 1 fully saturated rings. The minimum absolute atomic E-state index is 0.0111. The molecule has 0 atom stereocenters. The molecule has 1 aliphatic heterocycles. The molecule has 1 N–H and O–H groups in total. The Morgan fingerprint density at radius 2 is 1.78 bits per heavy atom. The second kappa shape index (κ2) is 8.03. The van der Waals surface area contributed by atoms with E-state index >= 15 is 0 Å². The molecule has 140 valence electrons. The molecule has 2 amide bonds. The predicted octanol–water partition coefficient (Wildman–Crippen LogP) is 3.23. The van der Waals surface area contributed by atoms with Gasteiger partial charge in [-0.1, -0.05) is 30.3 Å². The molecule has 0 aromatic heterocycles. The zero-order valence-electron chi connectivity index (χ0n) is 15.5. The highest BCUT2D eigenvalue weighted by Crippen LogP contribution is 2.26. The fourth-order valence-corrected chi connectivity index (χ4v) is 3.18. The maximum absolute atomic E-state index is 12.5. The van der Waals surface area contributed by atoms with Crippen LogP contribution in [0.15, 0.2) is 42.5 Å². The molecule has 0 aliphatic carbocycles.